The molecule has 0 saturated carbocycles. The summed E-state index contributed by atoms with van der Waals surface area (Å²) >= 11 is 13.0. The van der Waals surface area contributed by atoms with Gasteiger partial charge in [-0.15, -0.1) is 5.10 Å². The molecule has 1 atom stereocenters. The number of H-pyrrole nitrogens is 1. The van der Waals surface area contributed by atoms with E-state index in [0.717, 1.165) is 11.3 Å². The highest BCUT2D eigenvalue weighted by atomic mass is 35.5. The van der Waals surface area contributed by atoms with Gasteiger partial charge in [-0.3, -0.25) is 4.79 Å². The van der Waals surface area contributed by atoms with Crippen LogP contribution in [0, 0.1) is 0 Å². The number of aromatic nitrogens is 8. The molecule has 0 fully saturated rings. The molecule has 1 amide bonds. The molecule has 5 heterocycles. The molecule has 46 heavy (non-hydrogen) atoms. The maximum absolute atomic E-state index is 13.6. The van der Waals surface area contributed by atoms with Gasteiger partial charge in [-0.25, -0.2) is 14.8 Å². The van der Waals surface area contributed by atoms with Crippen LogP contribution in [0.4, 0.5) is 4.79 Å². The molecule has 1 aliphatic heterocycles. The van der Waals surface area contributed by atoms with E-state index in [4.69, 9.17) is 43.1 Å². The Labute approximate surface area is 272 Å². The Balaban J connectivity index is 1.28. The molecule has 4 aromatic heterocycles. The number of amides is 1. The molecule has 238 valence electrons. The number of carbonyl (C=O) groups excluding carboxylic acids is 1. The number of ether oxygens (including phenoxy) is 3. The van der Waals surface area contributed by atoms with Crippen LogP contribution in [0.3, 0.4) is 0 Å². The van der Waals surface area contributed by atoms with Crippen LogP contribution in [-0.4, -0.2) is 72.2 Å². The van der Waals surface area contributed by atoms with E-state index in [0.29, 0.717) is 84.6 Å². The molecule has 3 N–H and O–H groups in total. The number of primary amides is 1. The van der Waals surface area contributed by atoms with Gasteiger partial charge in [0.05, 0.1) is 37.2 Å². The van der Waals surface area contributed by atoms with E-state index < -0.39 is 6.09 Å². The number of hydrogen-bond acceptors (Lipinski definition) is 10. The molecule has 5 aromatic rings. The predicted octanol–water partition coefficient (Wildman–Crippen LogP) is 4.17. The summed E-state index contributed by atoms with van der Waals surface area (Å²) in [4.78, 5) is 37.3. The molecule has 0 bridgehead atoms. The van der Waals surface area contributed by atoms with Gasteiger partial charge in [0.2, 0.25) is 5.88 Å². The number of halogens is 2. The van der Waals surface area contributed by atoms with Gasteiger partial charge in [-0.1, -0.05) is 23.2 Å². The smallest absolute Gasteiger partial charge is 0.391 e. The number of nitrogens with two attached hydrogens (primary N) is 1. The standard InChI is InChI=1S/C30H29Cl2N9O5/c1-2-44-9-10-45-8-7-17-11-19(15-34-29(17)46-30(33)43)26-27(32)37-28(36-26)24-6-4-21-12-18(13-25(42)41(21)24)22-14-20(31)3-5-23(22)40-16-35-38-39-40/h3,5,11-16,24H,2,4,6-10H2,1H3,(H2,33,43)(H,36,37)/t24-/m0/s1. The Morgan fingerprint density at radius 2 is 1.96 bits per heavy atom. The number of fused-ring (bicyclic) bond motifs is 1. The molecule has 0 aliphatic carbocycles. The molecule has 6 rings (SSSR count). The van der Waals surface area contributed by atoms with E-state index >= 15 is 0 Å². The zero-order valence-corrected chi connectivity index (χ0v) is 26.2. The van der Waals surface area contributed by atoms with Gasteiger partial charge in [0.25, 0.3) is 5.56 Å². The van der Waals surface area contributed by atoms with Crippen LogP contribution < -0.4 is 16.0 Å². The van der Waals surface area contributed by atoms with Crippen molar-refractivity contribution in [3.05, 3.63) is 86.5 Å². The molecule has 0 unspecified atom stereocenters. The second-order valence-corrected chi connectivity index (χ2v) is 11.2. The third kappa shape index (κ3) is 6.65. The maximum Gasteiger partial charge on any atom is 0.411 e. The minimum absolute atomic E-state index is 0.0792. The molecule has 0 radical (unpaired) electrons. The fraction of sp³-hybridized carbons (Fsp3) is 0.300. The van der Waals surface area contributed by atoms with Crippen molar-refractivity contribution in [3.63, 3.8) is 0 Å². The van der Waals surface area contributed by atoms with Crippen LogP contribution in [0.2, 0.25) is 10.2 Å². The van der Waals surface area contributed by atoms with Crippen LogP contribution in [0.1, 0.15) is 36.5 Å². The second-order valence-electron chi connectivity index (χ2n) is 10.4. The summed E-state index contributed by atoms with van der Waals surface area (Å²) in [6, 6.07) is 10.3. The van der Waals surface area contributed by atoms with Crippen LogP contribution in [0.15, 0.2) is 53.7 Å². The molecular weight excluding hydrogens is 637 g/mol. The Morgan fingerprint density at radius 3 is 2.74 bits per heavy atom. The number of nitrogens with zero attached hydrogens (tertiary/aromatic N) is 7. The van der Waals surface area contributed by atoms with Crippen LogP contribution >= 0.6 is 23.2 Å². The zero-order valence-electron chi connectivity index (χ0n) is 24.7. The predicted molar refractivity (Wildman–Crippen MR) is 168 cm³/mol. The van der Waals surface area contributed by atoms with Crippen molar-refractivity contribution >= 4 is 29.3 Å². The number of aryl methyl sites for hydroxylation is 1. The van der Waals surface area contributed by atoms with Gasteiger partial charge in [-0.2, -0.15) is 4.68 Å². The summed E-state index contributed by atoms with van der Waals surface area (Å²) in [6.07, 6.45) is 3.67. The summed E-state index contributed by atoms with van der Waals surface area (Å²) in [5.41, 5.74) is 9.71. The number of hydrogen-bond donors (Lipinski definition) is 2. The number of tetrazole rings is 1. The van der Waals surface area contributed by atoms with Crippen LogP contribution in [0.25, 0.3) is 28.1 Å². The van der Waals surface area contributed by atoms with Gasteiger partial charge in [-0.05, 0) is 66.1 Å². The van der Waals surface area contributed by atoms with E-state index in [1.807, 2.05) is 13.0 Å². The van der Waals surface area contributed by atoms with Crippen molar-refractivity contribution in [3.8, 4) is 34.0 Å². The highest BCUT2D eigenvalue weighted by Crippen LogP contribution is 2.36. The van der Waals surface area contributed by atoms with Crippen molar-refractivity contribution in [2.45, 2.75) is 32.2 Å². The molecule has 1 aliphatic rings. The highest BCUT2D eigenvalue weighted by Gasteiger charge is 2.29. The van der Waals surface area contributed by atoms with Gasteiger partial charge in [0.1, 0.15) is 12.2 Å². The van der Waals surface area contributed by atoms with E-state index in [9.17, 15) is 9.59 Å². The second kappa shape index (κ2) is 13.8. The fourth-order valence-corrected chi connectivity index (χ4v) is 5.91. The number of aromatic amines is 1. The number of carbonyl (C=O) groups is 1. The number of rotatable bonds is 12. The monoisotopic (exact) mass is 665 g/mol. The lowest BCUT2D eigenvalue weighted by molar-refractivity contribution is 0.0539. The average Bonchev–Trinajstić information content (AvgIpc) is 3.80. The van der Waals surface area contributed by atoms with Crippen LogP contribution in [-0.2, 0) is 22.3 Å². The quantitative estimate of drug-likeness (QED) is 0.184. The maximum atomic E-state index is 13.6. The topological polar surface area (TPSA) is 178 Å². The minimum atomic E-state index is -0.976. The summed E-state index contributed by atoms with van der Waals surface area (Å²) < 4.78 is 19.3. The SMILES string of the molecule is CCOCCOCCc1cc(-c2[nH]c([C@@H]3CCc4cc(-c5cc(Cl)ccc5-n5cnnn5)cc(=O)n43)nc2Cl)cnc1OC(N)=O. The Bertz CT molecular complexity index is 1930. The third-order valence-electron chi connectivity index (χ3n) is 7.50. The zero-order chi connectivity index (χ0) is 32.2. The van der Waals surface area contributed by atoms with Gasteiger partial charge < -0.3 is 29.5 Å². The molecule has 14 nitrogen and oxygen atoms in total. The first-order valence-electron chi connectivity index (χ1n) is 14.5. The first-order valence-corrected chi connectivity index (χ1v) is 15.2. The van der Waals surface area contributed by atoms with E-state index in [-0.39, 0.29) is 22.6 Å². The van der Waals surface area contributed by atoms with Crippen molar-refractivity contribution in [1.29, 1.82) is 0 Å². The number of benzene rings is 1. The third-order valence-corrected chi connectivity index (χ3v) is 8.00. The first-order chi connectivity index (χ1) is 22.3. The number of pyridine rings is 2. The number of imidazole rings is 1. The molecule has 0 saturated heterocycles. The Kier molecular flexibility index (Phi) is 9.40. The average molecular weight is 667 g/mol. The van der Waals surface area contributed by atoms with Crippen LogP contribution in [0.5, 0.6) is 5.88 Å². The lowest BCUT2D eigenvalue weighted by atomic mass is 10.0. The summed E-state index contributed by atoms with van der Waals surface area (Å²) in [6.45, 7) is 3.75. The fourth-order valence-electron chi connectivity index (χ4n) is 5.49. The Hall–Kier alpha value is -4.63. The minimum Gasteiger partial charge on any atom is -0.391 e. The van der Waals surface area contributed by atoms with Gasteiger partial charge >= 0.3 is 6.09 Å². The molecular formula is C30H29Cl2N9O5. The summed E-state index contributed by atoms with van der Waals surface area (Å²) in [5.74, 6) is 0.611. The van der Waals surface area contributed by atoms with Crippen molar-refractivity contribution < 1.29 is 19.0 Å². The highest BCUT2D eigenvalue weighted by molar-refractivity contribution is 6.32. The lowest BCUT2D eigenvalue weighted by Gasteiger charge is -2.15. The van der Waals surface area contributed by atoms with Crippen molar-refractivity contribution in [2.75, 3.05) is 26.4 Å². The van der Waals surface area contributed by atoms with E-state index in [2.05, 4.69) is 30.5 Å². The van der Waals surface area contributed by atoms with Gasteiger partial charge in [0, 0.05) is 52.7 Å². The summed E-state index contributed by atoms with van der Waals surface area (Å²) in [5, 5.41) is 12.2. The van der Waals surface area contributed by atoms with E-state index in [1.54, 1.807) is 34.9 Å². The van der Waals surface area contributed by atoms with E-state index in [1.165, 1.54) is 17.2 Å². The molecule has 0 spiro atoms. The normalized spacial score (nSPS) is 14.0. The van der Waals surface area contributed by atoms with Crippen molar-refractivity contribution in [2.24, 2.45) is 5.73 Å². The lowest BCUT2D eigenvalue weighted by Crippen LogP contribution is -2.24. The number of nitrogens with one attached hydrogen (secondary N) is 1. The van der Waals surface area contributed by atoms with Gasteiger partial charge in [0.15, 0.2) is 5.15 Å². The van der Waals surface area contributed by atoms with Crippen molar-refractivity contribution in [1.82, 2.24) is 39.7 Å². The largest absolute Gasteiger partial charge is 0.411 e. The first kappa shape index (κ1) is 31.4. The Morgan fingerprint density at radius 1 is 1.11 bits per heavy atom. The summed E-state index contributed by atoms with van der Waals surface area (Å²) in [7, 11) is 0. The molecule has 1 aromatic carbocycles. The molecule has 16 heteroatoms.